The Hall–Kier alpha value is -4.83. The van der Waals surface area contributed by atoms with Crippen LogP contribution < -0.4 is 0 Å². The maximum atomic E-state index is 12.9. The van der Waals surface area contributed by atoms with Crippen molar-refractivity contribution in [3.8, 4) is 0 Å². The summed E-state index contributed by atoms with van der Waals surface area (Å²) in [4.78, 5) is 37.5. The number of esters is 2. The van der Waals surface area contributed by atoms with E-state index in [1.807, 2.05) is 21.1 Å². The van der Waals surface area contributed by atoms with E-state index in [1.54, 1.807) is 0 Å². The molecule has 0 aliphatic carbocycles. The summed E-state index contributed by atoms with van der Waals surface area (Å²) in [6, 6.07) is 0. The van der Waals surface area contributed by atoms with Crippen molar-refractivity contribution in [2.45, 2.75) is 257 Å². The number of carboxylic acids is 1. The van der Waals surface area contributed by atoms with Crippen LogP contribution >= 0.6 is 0 Å². The average molecular weight is 1150 g/mol. The molecule has 9 heteroatoms. The smallest absolute Gasteiger partial charge is 0.361 e. The highest BCUT2D eigenvalue weighted by Gasteiger charge is 2.25. The molecule has 0 amide bonds. The lowest BCUT2D eigenvalue weighted by Gasteiger charge is -2.25. The molecule has 9 nitrogen and oxygen atoms in total. The van der Waals surface area contributed by atoms with Gasteiger partial charge in [0.1, 0.15) is 13.2 Å². The van der Waals surface area contributed by atoms with Gasteiger partial charge in [-0.1, -0.05) is 256 Å². The molecular formula is C74H122NO8+. The SMILES string of the molecule is CC/C=C\C/C=C\C/C=C\C/C=C\C/C=C\C/C=C\C/C=C\C/C=C\C/C=C\C/C=C\CCCCC(=O)OC(COC(=O)CCCCCCCCCCCCCCC/C=C\C/C=C\CCCCCCC)COC(OCC[N+](C)(C)C)C(=O)O. The Balaban J connectivity index is 4.31. The van der Waals surface area contributed by atoms with Gasteiger partial charge in [-0.05, 0) is 122 Å². The van der Waals surface area contributed by atoms with E-state index in [-0.39, 0.29) is 38.6 Å². The van der Waals surface area contributed by atoms with E-state index in [0.29, 0.717) is 17.4 Å². The summed E-state index contributed by atoms with van der Waals surface area (Å²) >= 11 is 0. The Labute approximate surface area is 509 Å². The summed E-state index contributed by atoms with van der Waals surface area (Å²) in [5.74, 6) is -2.08. The molecule has 0 bridgehead atoms. The number of carboxylic acid groups (broad SMARTS) is 1. The van der Waals surface area contributed by atoms with E-state index < -0.39 is 24.3 Å². The Bertz CT molecular complexity index is 1870. The van der Waals surface area contributed by atoms with Gasteiger partial charge in [-0.25, -0.2) is 4.79 Å². The quantitative estimate of drug-likeness (QED) is 0.0211. The normalized spacial score (nSPS) is 13.7. The molecule has 0 aliphatic heterocycles. The Morgan fingerprint density at radius 1 is 0.373 bits per heavy atom. The number of hydrogen-bond acceptors (Lipinski definition) is 7. The number of aliphatic carboxylic acids is 1. The van der Waals surface area contributed by atoms with Crippen molar-refractivity contribution in [3.63, 3.8) is 0 Å². The number of allylic oxidation sites excluding steroid dienone is 24. The lowest BCUT2D eigenvalue weighted by Crippen LogP contribution is -2.40. The number of nitrogens with zero attached hydrogens (tertiary/aromatic N) is 1. The van der Waals surface area contributed by atoms with Gasteiger partial charge in [0, 0.05) is 12.8 Å². The number of carbonyl (C=O) groups is 3. The van der Waals surface area contributed by atoms with E-state index in [2.05, 4.69) is 160 Å². The van der Waals surface area contributed by atoms with Crippen LogP contribution in [0.1, 0.15) is 245 Å². The molecule has 470 valence electrons. The minimum Gasteiger partial charge on any atom is -0.477 e. The fraction of sp³-hybridized carbons (Fsp3) is 0.635. The highest BCUT2D eigenvalue weighted by Crippen LogP contribution is 2.15. The van der Waals surface area contributed by atoms with Crippen molar-refractivity contribution in [1.29, 1.82) is 0 Å². The molecule has 2 atom stereocenters. The molecule has 2 unspecified atom stereocenters. The van der Waals surface area contributed by atoms with Crippen LogP contribution in [0.2, 0.25) is 0 Å². The van der Waals surface area contributed by atoms with Crippen molar-refractivity contribution in [3.05, 3.63) is 146 Å². The Morgan fingerprint density at radius 2 is 0.687 bits per heavy atom. The van der Waals surface area contributed by atoms with E-state index in [1.165, 1.54) is 109 Å². The third-order valence-electron chi connectivity index (χ3n) is 13.6. The van der Waals surface area contributed by atoms with Crippen LogP contribution in [0.3, 0.4) is 0 Å². The van der Waals surface area contributed by atoms with Crippen molar-refractivity contribution in [1.82, 2.24) is 0 Å². The maximum Gasteiger partial charge on any atom is 0.361 e. The largest absolute Gasteiger partial charge is 0.477 e. The van der Waals surface area contributed by atoms with Gasteiger partial charge in [0.15, 0.2) is 6.10 Å². The van der Waals surface area contributed by atoms with Crippen molar-refractivity contribution in [2.24, 2.45) is 0 Å². The van der Waals surface area contributed by atoms with Gasteiger partial charge in [-0.2, -0.15) is 0 Å². The second-order valence-electron chi connectivity index (χ2n) is 22.7. The number of carbonyl (C=O) groups excluding carboxylic acids is 2. The van der Waals surface area contributed by atoms with Gasteiger partial charge in [-0.3, -0.25) is 9.59 Å². The van der Waals surface area contributed by atoms with Crippen LogP contribution in [-0.2, 0) is 33.3 Å². The number of unbranched alkanes of at least 4 members (excludes halogenated alkanes) is 20. The van der Waals surface area contributed by atoms with Gasteiger partial charge >= 0.3 is 17.9 Å². The van der Waals surface area contributed by atoms with Crippen molar-refractivity contribution in [2.75, 3.05) is 47.5 Å². The summed E-state index contributed by atoms with van der Waals surface area (Å²) in [7, 11) is 5.95. The first kappa shape index (κ1) is 78.2. The Morgan fingerprint density at radius 3 is 1.05 bits per heavy atom. The molecule has 0 heterocycles. The molecule has 0 saturated heterocycles. The van der Waals surface area contributed by atoms with Crippen molar-refractivity contribution < 1.29 is 42.9 Å². The third-order valence-corrected chi connectivity index (χ3v) is 13.6. The first-order valence-electron chi connectivity index (χ1n) is 33.0. The van der Waals surface area contributed by atoms with Crippen LogP contribution in [0.25, 0.3) is 0 Å². The molecule has 0 aliphatic rings. The highest BCUT2D eigenvalue weighted by atomic mass is 16.7. The van der Waals surface area contributed by atoms with Crippen molar-refractivity contribution >= 4 is 17.9 Å². The first-order chi connectivity index (χ1) is 40.6. The second kappa shape index (κ2) is 63.2. The number of quaternary nitrogens is 1. The van der Waals surface area contributed by atoms with Gasteiger partial charge < -0.3 is 28.5 Å². The van der Waals surface area contributed by atoms with E-state index in [9.17, 15) is 19.5 Å². The topological polar surface area (TPSA) is 108 Å². The summed E-state index contributed by atoms with van der Waals surface area (Å²) in [6.45, 7) is 4.69. The first-order valence-corrected chi connectivity index (χ1v) is 33.0. The molecule has 0 radical (unpaired) electrons. The molecule has 0 spiro atoms. The molecule has 0 rings (SSSR count). The molecule has 0 aromatic rings. The van der Waals surface area contributed by atoms with Crippen LogP contribution in [0.4, 0.5) is 0 Å². The summed E-state index contributed by atoms with van der Waals surface area (Å²) in [5.41, 5.74) is 0. The Kier molecular flexibility index (Phi) is 59.5. The predicted octanol–water partition coefficient (Wildman–Crippen LogP) is 20.3. The van der Waals surface area contributed by atoms with Gasteiger partial charge in [0.25, 0.3) is 6.29 Å². The molecule has 1 N–H and O–H groups in total. The molecule has 0 fully saturated rings. The minimum absolute atomic E-state index is 0.171. The van der Waals surface area contributed by atoms with Crippen LogP contribution in [-0.4, -0.2) is 87.4 Å². The zero-order valence-electron chi connectivity index (χ0n) is 53.5. The zero-order valence-corrected chi connectivity index (χ0v) is 53.5. The fourth-order valence-electron chi connectivity index (χ4n) is 8.54. The summed E-state index contributed by atoms with van der Waals surface area (Å²) in [6.07, 6.45) is 89.4. The van der Waals surface area contributed by atoms with Gasteiger partial charge in [0.2, 0.25) is 0 Å². The highest BCUT2D eigenvalue weighted by molar-refractivity contribution is 5.71. The summed E-state index contributed by atoms with van der Waals surface area (Å²) < 4.78 is 22.9. The lowest BCUT2D eigenvalue weighted by atomic mass is 10.0. The molecule has 0 aromatic carbocycles. The number of rotatable bonds is 59. The van der Waals surface area contributed by atoms with Gasteiger partial charge in [0.05, 0.1) is 34.4 Å². The average Bonchev–Trinajstić information content (AvgIpc) is 3.46. The molecule has 0 saturated carbocycles. The van der Waals surface area contributed by atoms with E-state index in [0.717, 1.165) is 103 Å². The maximum absolute atomic E-state index is 12.9. The predicted molar refractivity (Wildman–Crippen MR) is 354 cm³/mol. The minimum atomic E-state index is -1.53. The molecule has 0 aromatic heterocycles. The van der Waals surface area contributed by atoms with Crippen LogP contribution in [0.15, 0.2) is 146 Å². The van der Waals surface area contributed by atoms with Crippen LogP contribution in [0, 0.1) is 0 Å². The molecular weight excluding hydrogens is 1030 g/mol. The second-order valence-corrected chi connectivity index (χ2v) is 22.7. The molecule has 83 heavy (non-hydrogen) atoms. The number of hydrogen-bond donors (Lipinski definition) is 1. The van der Waals surface area contributed by atoms with E-state index in [4.69, 9.17) is 18.9 Å². The third kappa shape index (κ3) is 64.6. The zero-order chi connectivity index (χ0) is 60.5. The lowest BCUT2D eigenvalue weighted by molar-refractivity contribution is -0.870. The van der Waals surface area contributed by atoms with E-state index >= 15 is 0 Å². The summed E-state index contributed by atoms with van der Waals surface area (Å²) in [5, 5.41) is 9.73. The van der Waals surface area contributed by atoms with Gasteiger partial charge in [-0.15, -0.1) is 0 Å². The number of likely N-dealkylation sites (N-methyl/N-ethyl adjacent to an activating group) is 1. The number of ether oxygens (including phenoxy) is 4. The fourth-order valence-corrected chi connectivity index (χ4v) is 8.54. The van der Waals surface area contributed by atoms with Crippen LogP contribution in [0.5, 0.6) is 0 Å². The standard InChI is InChI=1S/C74H121NO8/c1-6-8-10-12-14-16-18-20-22-24-26-28-30-32-33-34-35-36-37-38-39-41-43-45-47-49-51-53-55-57-59-61-63-65-72(77)83-70(69-82-74(73(78)79)80-67-66-75(3,4)5)68-81-71(76)64-62-60-58-56-54-52-50-48-46-44-42-40-31-29-27-25-23-21-19-17-15-13-11-9-7-2/h8,10,14,16,19-22,25-28,32-33,35-36,38-39,43,45,49,51,55,57,70,74H,6-7,9,11-13,15,17-18,23-24,29-31,34,37,40-42,44,46-48,50,52-54,56,58-69H2,1-5H3/p+1/b10-8-,16-14-,21-19-,22-20-,27-25-,28-26-,33-32-,36-35-,39-38-,45-43-,51-49-,57-55-. The monoisotopic (exact) mass is 1150 g/mol.